The molecule has 0 spiro atoms. The fraction of sp³-hybridized carbons (Fsp3) is 0.849. The molecule has 0 aliphatic carbocycles. The van der Waals surface area contributed by atoms with E-state index in [1.54, 1.807) is 6.08 Å². The van der Waals surface area contributed by atoms with Crippen LogP contribution in [0.1, 0.15) is 264 Å². The first-order chi connectivity index (χ1) is 44.8. The van der Waals surface area contributed by atoms with Crippen molar-refractivity contribution in [2.75, 3.05) is 26.4 Å². The summed E-state index contributed by atoms with van der Waals surface area (Å²) >= 11 is 0. The van der Waals surface area contributed by atoms with Gasteiger partial charge in [0, 0.05) is 6.42 Å². The maximum atomic E-state index is 13.4. The van der Waals surface area contributed by atoms with E-state index in [9.17, 15) is 61.0 Å². The highest BCUT2D eigenvalue weighted by Gasteiger charge is 2.53. The minimum absolute atomic E-state index is 0.233. The lowest BCUT2D eigenvalue weighted by molar-refractivity contribution is -0.379. The zero-order valence-electron chi connectivity index (χ0n) is 56.8. The monoisotopic (exact) mass is 1310 g/mol. The Labute approximate surface area is 554 Å². The van der Waals surface area contributed by atoms with Crippen LogP contribution in [-0.2, 0) is 33.2 Å². The molecule has 3 saturated heterocycles. The molecule has 3 aliphatic heterocycles. The summed E-state index contributed by atoms with van der Waals surface area (Å²) in [7, 11) is 0. The molecule has 1 amide bonds. The maximum absolute atomic E-state index is 13.4. The van der Waals surface area contributed by atoms with Crippen LogP contribution in [0.2, 0.25) is 0 Å². The van der Waals surface area contributed by atoms with Crippen LogP contribution in [0.4, 0.5) is 0 Å². The largest absolute Gasteiger partial charge is 0.394 e. The Balaban J connectivity index is 1.28. The highest BCUT2D eigenvalue weighted by atomic mass is 16.8. The van der Waals surface area contributed by atoms with Crippen molar-refractivity contribution in [3.05, 3.63) is 60.8 Å². The first-order valence-corrected chi connectivity index (χ1v) is 36.5. The fourth-order valence-corrected chi connectivity index (χ4v) is 12.1. The van der Waals surface area contributed by atoms with Crippen molar-refractivity contribution in [2.45, 2.75) is 369 Å². The van der Waals surface area contributed by atoms with Gasteiger partial charge in [0.15, 0.2) is 18.9 Å². The third kappa shape index (κ3) is 35.7. The second-order valence-electron chi connectivity index (χ2n) is 26.0. The SMILES string of the molecule is CC/C=C/CC/C=C/CC/C=C/C(O)C(COC1OC(CO)C(OC2OC(CO)C(OC3OC(CO)C(O)C(O)C3O)C(O)C2O)C(O)C1O)NC(=O)CCCCCCCCCCCCCCCCCCCCCCCCCCC/C=C\C/C=C\CCCCCCC. The van der Waals surface area contributed by atoms with E-state index in [4.69, 9.17) is 28.4 Å². The molecule has 0 bridgehead atoms. The van der Waals surface area contributed by atoms with Gasteiger partial charge in [-0.05, 0) is 70.6 Å². The zero-order chi connectivity index (χ0) is 66.8. The molecular weight excluding hydrogens is 1180 g/mol. The lowest BCUT2D eigenvalue weighted by atomic mass is 9.96. The summed E-state index contributed by atoms with van der Waals surface area (Å²) in [5, 5.41) is 120. The van der Waals surface area contributed by atoms with Gasteiger partial charge in [0.25, 0.3) is 0 Å². The van der Waals surface area contributed by atoms with Gasteiger partial charge < -0.3 is 89.9 Å². The minimum atomic E-state index is -1.98. The second-order valence-corrected chi connectivity index (χ2v) is 26.0. The molecule has 0 radical (unpaired) electrons. The van der Waals surface area contributed by atoms with Gasteiger partial charge in [-0.3, -0.25) is 4.79 Å². The molecule has 3 heterocycles. The Hall–Kier alpha value is -2.51. The number of rotatable bonds is 56. The van der Waals surface area contributed by atoms with Crippen molar-refractivity contribution < 1.29 is 89.4 Å². The van der Waals surface area contributed by atoms with Crippen LogP contribution in [0.15, 0.2) is 60.8 Å². The first-order valence-electron chi connectivity index (χ1n) is 36.5. The summed E-state index contributed by atoms with van der Waals surface area (Å²) in [6, 6.07) is -0.995. The smallest absolute Gasteiger partial charge is 0.220 e. The lowest BCUT2D eigenvalue weighted by Gasteiger charge is -2.48. The van der Waals surface area contributed by atoms with E-state index >= 15 is 0 Å². The van der Waals surface area contributed by atoms with Crippen molar-refractivity contribution in [1.82, 2.24) is 5.32 Å². The highest BCUT2D eigenvalue weighted by molar-refractivity contribution is 5.76. The zero-order valence-corrected chi connectivity index (χ0v) is 56.8. The number of allylic oxidation sites excluding steroid dienone is 9. The number of aliphatic hydroxyl groups excluding tert-OH is 11. The number of hydrogen-bond donors (Lipinski definition) is 12. The van der Waals surface area contributed by atoms with E-state index in [-0.39, 0.29) is 18.9 Å². The van der Waals surface area contributed by atoms with E-state index in [1.807, 2.05) is 6.08 Å². The van der Waals surface area contributed by atoms with Crippen molar-refractivity contribution in [3.8, 4) is 0 Å². The fourth-order valence-electron chi connectivity index (χ4n) is 12.1. The van der Waals surface area contributed by atoms with Crippen LogP contribution < -0.4 is 5.32 Å². The summed E-state index contributed by atoms with van der Waals surface area (Å²) in [6.07, 6.45) is 41.3. The number of aliphatic hydroxyl groups is 11. The first kappa shape index (κ1) is 83.7. The summed E-state index contributed by atoms with van der Waals surface area (Å²) in [5.41, 5.74) is 0. The van der Waals surface area contributed by atoms with Gasteiger partial charge in [-0.2, -0.15) is 0 Å². The van der Waals surface area contributed by atoms with Crippen molar-refractivity contribution in [3.63, 3.8) is 0 Å². The van der Waals surface area contributed by atoms with Gasteiger partial charge in [-0.1, -0.05) is 248 Å². The molecule has 17 atom stereocenters. The van der Waals surface area contributed by atoms with Crippen LogP contribution >= 0.6 is 0 Å². The van der Waals surface area contributed by atoms with Crippen LogP contribution in [-0.4, -0.2) is 193 Å². The number of ether oxygens (including phenoxy) is 6. The van der Waals surface area contributed by atoms with E-state index in [2.05, 4.69) is 67.8 Å². The Bertz CT molecular complexity index is 1900. The number of hydrogen-bond acceptors (Lipinski definition) is 18. The van der Waals surface area contributed by atoms with Crippen molar-refractivity contribution in [2.24, 2.45) is 0 Å². The molecule has 3 rings (SSSR count). The number of amides is 1. The predicted octanol–water partition coefficient (Wildman–Crippen LogP) is 10.3. The molecule has 0 aromatic heterocycles. The third-order valence-electron chi connectivity index (χ3n) is 18.0. The van der Waals surface area contributed by atoms with Crippen LogP contribution in [0.25, 0.3) is 0 Å². The number of carbonyl (C=O) groups excluding carboxylic acids is 1. The Morgan fingerprint density at radius 2 is 0.761 bits per heavy atom. The molecule has 12 N–H and O–H groups in total. The van der Waals surface area contributed by atoms with E-state index in [0.29, 0.717) is 12.8 Å². The topological polar surface area (TPSA) is 307 Å². The normalized spacial score (nSPS) is 28.0. The van der Waals surface area contributed by atoms with E-state index in [1.165, 1.54) is 180 Å². The van der Waals surface area contributed by atoms with Gasteiger partial charge in [0.05, 0.1) is 38.6 Å². The Morgan fingerprint density at radius 1 is 0.402 bits per heavy atom. The van der Waals surface area contributed by atoms with Crippen molar-refractivity contribution >= 4 is 5.91 Å². The lowest BCUT2D eigenvalue weighted by Crippen LogP contribution is -2.66. The summed E-state index contributed by atoms with van der Waals surface area (Å²) < 4.78 is 34.2. The predicted molar refractivity (Wildman–Crippen MR) is 360 cm³/mol. The molecule has 19 heteroatoms. The molecule has 3 aliphatic rings. The standard InChI is InChI=1S/C73H131NO18/c1-3-5-7-9-11-13-15-16-17-18-19-20-21-22-23-24-25-26-27-28-29-30-31-32-33-34-35-36-37-38-39-40-41-43-45-47-49-51-61(79)74-56(57(78)50-48-46-44-42-14-12-10-8-6-4-2)55-87-71-67(85)64(82)69(59(53-76)89-71)92-73-68(86)65(83)70(60(54-77)90-73)91-72-66(84)63(81)62(80)58(52-75)88-72/h6,8,14-16,18-19,42,48,50,56-60,62-73,75-78,80-86H,3-5,7,9-13,17,20-41,43-47,49,51-55H2,1-2H3,(H,74,79)/b8-6+,16-15-,19-18-,42-14+,50-48+. The quantitative estimate of drug-likeness (QED) is 0.0199. The van der Waals surface area contributed by atoms with Gasteiger partial charge >= 0.3 is 0 Å². The van der Waals surface area contributed by atoms with Crippen LogP contribution in [0, 0.1) is 0 Å². The molecule has 3 fully saturated rings. The van der Waals surface area contributed by atoms with Gasteiger partial charge in [0.1, 0.15) is 73.2 Å². The average molecular weight is 1310 g/mol. The second kappa shape index (κ2) is 54.5. The molecule has 92 heavy (non-hydrogen) atoms. The molecule has 0 aromatic carbocycles. The number of nitrogens with one attached hydrogen (secondary N) is 1. The number of unbranched alkanes of at least 4 members (excludes halogenated alkanes) is 32. The molecule has 17 unspecified atom stereocenters. The summed E-state index contributed by atoms with van der Waals surface area (Å²) in [4.78, 5) is 13.4. The molecule has 0 saturated carbocycles. The molecule has 0 aromatic rings. The maximum Gasteiger partial charge on any atom is 0.220 e. The summed E-state index contributed by atoms with van der Waals surface area (Å²) in [5.74, 6) is -0.290. The minimum Gasteiger partial charge on any atom is -0.394 e. The van der Waals surface area contributed by atoms with Crippen LogP contribution in [0.5, 0.6) is 0 Å². The van der Waals surface area contributed by atoms with Gasteiger partial charge in [0.2, 0.25) is 5.91 Å². The average Bonchev–Trinajstić information content (AvgIpc) is 0.803. The molecule has 536 valence electrons. The Morgan fingerprint density at radius 3 is 1.20 bits per heavy atom. The highest BCUT2D eigenvalue weighted by Crippen LogP contribution is 2.33. The van der Waals surface area contributed by atoms with Gasteiger partial charge in [-0.25, -0.2) is 0 Å². The van der Waals surface area contributed by atoms with E-state index < -0.39 is 124 Å². The Kier molecular flexibility index (Phi) is 49.6. The molecular formula is C73H131NO18. The van der Waals surface area contributed by atoms with Gasteiger partial charge in [-0.15, -0.1) is 0 Å². The van der Waals surface area contributed by atoms with Crippen LogP contribution in [0.3, 0.4) is 0 Å². The molecule has 19 nitrogen and oxygen atoms in total. The number of carbonyl (C=O) groups is 1. The third-order valence-corrected chi connectivity index (χ3v) is 18.0. The summed E-state index contributed by atoms with van der Waals surface area (Å²) in [6.45, 7) is 1.57. The van der Waals surface area contributed by atoms with E-state index in [0.717, 1.165) is 51.4 Å². The van der Waals surface area contributed by atoms with Crippen molar-refractivity contribution in [1.29, 1.82) is 0 Å².